The van der Waals surface area contributed by atoms with Gasteiger partial charge >= 0.3 is 0 Å². The van der Waals surface area contributed by atoms with Gasteiger partial charge in [-0.25, -0.2) is 4.72 Å². The molecule has 0 radical (unpaired) electrons. The Morgan fingerprint density at radius 2 is 1.84 bits per heavy atom. The minimum atomic E-state index is -0.674. The summed E-state index contributed by atoms with van der Waals surface area (Å²) < 4.78 is 8.91. The van der Waals surface area contributed by atoms with Crippen LogP contribution in [-0.4, -0.2) is 16.9 Å². The lowest BCUT2D eigenvalue weighted by Crippen LogP contribution is -2.43. The van der Waals surface area contributed by atoms with E-state index in [1.165, 1.54) is 0 Å². The second kappa shape index (κ2) is 6.95. The molecule has 0 aromatic heterocycles. The second-order valence-corrected chi connectivity index (χ2v) is 7.37. The highest BCUT2D eigenvalue weighted by Crippen LogP contribution is 2.23. The van der Waals surface area contributed by atoms with E-state index < -0.39 is 5.54 Å². The predicted octanol–water partition coefficient (Wildman–Crippen LogP) is 3.52. The summed E-state index contributed by atoms with van der Waals surface area (Å²) >= 11 is 1.56. The van der Waals surface area contributed by atoms with Gasteiger partial charge in [0.25, 0.3) is 0 Å². The Morgan fingerprint density at radius 1 is 1.21 bits per heavy atom. The van der Waals surface area contributed by atoms with Crippen LogP contribution in [0, 0.1) is 11.3 Å². The van der Waals surface area contributed by atoms with Crippen molar-refractivity contribution in [2.24, 2.45) is 0 Å². The molecule has 19 heavy (non-hydrogen) atoms. The molecule has 1 aromatic rings. The van der Waals surface area contributed by atoms with Crippen molar-refractivity contribution in [2.45, 2.75) is 44.6 Å². The number of nitrogens with zero attached hydrogens (tertiary/aromatic N) is 1. The fraction of sp³-hybridized carbons (Fsp3) is 0.533. The van der Waals surface area contributed by atoms with Gasteiger partial charge in [-0.2, -0.15) is 5.26 Å². The summed E-state index contributed by atoms with van der Waals surface area (Å²) in [4.78, 5) is 0. The highest BCUT2D eigenvalue weighted by molar-refractivity contribution is 7.98. The monoisotopic (exact) mass is 278 g/mol. The van der Waals surface area contributed by atoms with E-state index in [0.29, 0.717) is 13.2 Å². The number of ether oxygens (including phenoxy) is 1. The maximum Gasteiger partial charge on any atom is 0.136 e. The van der Waals surface area contributed by atoms with Crippen molar-refractivity contribution < 1.29 is 4.74 Å². The SMILES string of the molecule is CC(C#N)(COCc1ccccc1)NSC(C)(C)C. The van der Waals surface area contributed by atoms with Gasteiger partial charge in [-0.05, 0) is 33.3 Å². The fourth-order valence-electron chi connectivity index (χ4n) is 1.30. The zero-order valence-corrected chi connectivity index (χ0v) is 12.9. The Bertz CT molecular complexity index is 422. The molecule has 1 unspecified atom stereocenters. The summed E-state index contributed by atoms with van der Waals surface area (Å²) in [5.74, 6) is 0. The van der Waals surface area contributed by atoms with Gasteiger partial charge in [0.05, 0.1) is 19.3 Å². The molecule has 104 valence electrons. The first-order valence-electron chi connectivity index (χ1n) is 6.33. The molecule has 1 rings (SSSR count). The molecule has 0 fully saturated rings. The highest BCUT2D eigenvalue weighted by Gasteiger charge is 2.26. The second-order valence-electron chi connectivity index (χ2n) is 5.74. The van der Waals surface area contributed by atoms with Gasteiger partial charge < -0.3 is 4.74 Å². The Kier molecular flexibility index (Phi) is 5.86. The topological polar surface area (TPSA) is 45.0 Å². The summed E-state index contributed by atoms with van der Waals surface area (Å²) in [6.45, 7) is 9.06. The molecular formula is C15H22N2OS. The molecule has 1 atom stereocenters. The van der Waals surface area contributed by atoms with Crippen LogP contribution in [0.2, 0.25) is 0 Å². The summed E-state index contributed by atoms with van der Waals surface area (Å²) in [6.07, 6.45) is 0. The van der Waals surface area contributed by atoms with Gasteiger partial charge in [-0.3, -0.25) is 0 Å². The average Bonchev–Trinajstić information content (AvgIpc) is 2.37. The van der Waals surface area contributed by atoms with Crippen molar-refractivity contribution in [1.29, 1.82) is 5.26 Å². The van der Waals surface area contributed by atoms with Crippen molar-refractivity contribution in [3.63, 3.8) is 0 Å². The summed E-state index contributed by atoms with van der Waals surface area (Å²) in [5.41, 5.74) is 0.443. The third-order valence-corrected chi connectivity index (χ3v) is 3.50. The molecule has 0 aliphatic rings. The van der Waals surface area contributed by atoms with Gasteiger partial charge in [0.15, 0.2) is 0 Å². The minimum absolute atomic E-state index is 0.0670. The van der Waals surface area contributed by atoms with Gasteiger partial charge in [0.1, 0.15) is 5.54 Å². The number of rotatable bonds is 6. The minimum Gasteiger partial charge on any atom is -0.374 e. The lowest BCUT2D eigenvalue weighted by Gasteiger charge is -2.27. The molecule has 0 saturated heterocycles. The van der Waals surface area contributed by atoms with Crippen LogP contribution < -0.4 is 4.72 Å². The van der Waals surface area contributed by atoms with Crippen LogP contribution in [0.25, 0.3) is 0 Å². The maximum absolute atomic E-state index is 9.27. The molecule has 0 amide bonds. The molecule has 0 bridgehead atoms. The van der Waals surface area contributed by atoms with E-state index in [4.69, 9.17) is 4.74 Å². The average molecular weight is 278 g/mol. The molecule has 0 aliphatic carbocycles. The third-order valence-electron chi connectivity index (χ3n) is 2.33. The van der Waals surface area contributed by atoms with Crippen molar-refractivity contribution in [2.75, 3.05) is 6.61 Å². The molecule has 0 spiro atoms. The largest absolute Gasteiger partial charge is 0.374 e. The van der Waals surface area contributed by atoms with E-state index in [2.05, 4.69) is 31.6 Å². The third kappa shape index (κ3) is 6.63. The first kappa shape index (κ1) is 16.0. The Labute approximate surface area is 120 Å². The molecule has 1 aromatic carbocycles. The Morgan fingerprint density at radius 3 is 2.37 bits per heavy atom. The van der Waals surface area contributed by atoms with Crippen LogP contribution in [0.1, 0.15) is 33.3 Å². The van der Waals surface area contributed by atoms with E-state index in [9.17, 15) is 5.26 Å². The first-order chi connectivity index (χ1) is 8.85. The van der Waals surface area contributed by atoms with Crippen LogP contribution in [-0.2, 0) is 11.3 Å². The number of hydrogen-bond donors (Lipinski definition) is 1. The van der Waals surface area contributed by atoms with E-state index in [0.717, 1.165) is 5.56 Å². The molecule has 4 heteroatoms. The molecule has 0 saturated carbocycles. The summed E-state index contributed by atoms with van der Waals surface area (Å²) in [5, 5.41) is 9.27. The zero-order valence-electron chi connectivity index (χ0n) is 12.1. The Balaban J connectivity index is 2.42. The normalized spacial score (nSPS) is 14.7. The van der Waals surface area contributed by atoms with E-state index in [1.807, 2.05) is 37.3 Å². The molecule has 0 aliphatic heterocycles. The quantitative estimate of drug-likeness (QED) is 0.809. The Hall–Kier alpha value is -1.02. The van der Waals surface area contributed by atoms with Gasteiger partial charge in [0, 0.05) is 4.75 Å². The van der Waals surface area contributed by atoms with Crippen molar-refractivity contribution in [3.8, 4) is 6.07 Å². The van der Waals surface area contributed by atoms with Crippen LogP contribution in [0.3, 0.4) is 0 Å². The van der Waals surface area contributed by atoms with Crippen LogP contribution >= 0.6 is 11.9 Å². The number of hydrogen-bond acceptors (Lipinski definition) is 4. The maximum atomic E-state index is 9.27. The predicted molar refractivity (Wildman–Crippen MR) is 80.6 cm³/mol. The molecule has 0 heterocycles. The number of nitrogens with one attached hydrogen (secondary N) is 1. The van der Waals surface area contributed by atoms with Crippen molar-refractivity contribution in [3.05, 3.63) is 35.9 Å². The van der Waals surface area contributed by atoms with Crippen LogP contribution in [0.15, 0.2) is 30.3 Å². The number of benzene rings is 1. The van der Waals surface area contributed by atoms with Crippen molar-refractivity contribution in [1.82, 2.24) is 4.72 Å². The molecular weight excluding hydrogens is 256 g/mol. The zero-order chi connectivity index (χ0) is 14.4. The van der Waals surface area contributed by atoms with Crippen molar-refractivity contribution >= 4 is 11.9 Å². The van der Waals surface area contributed by atoms with E-state index in [-0.39, 0.29) is 4.75 Å². The smallest absolute Gasteiger partial charge is 0.136 e. The van der Waals surface area contributed by atoms with Crippen LogP contribution in [0.5, 0.6) is 0 Å². The summed E-state index contributed by atoms with van der Waals surface area (Å²) in [6, 6.07) is 12.3. The standard InChI is InChI=1S/C15H22N2OS/c1-14(2,3)19-17-15(4,11-16)12-18-10-13-8-6-5-7-9-13/h5-9,17H,10,12H2,1-4H3. The highest BCUT2D eigenvalue weighted by atomic mass is 32.2. The fourth-order valence-corrected chi connectivity index (χ4v) is 1.93. The molecule has 1 N–H and O–H groups in total. The van der Waals surface area contributed by atoms with Gasteiger partial charge in [-0.1, -0.05) is 42.3 Å². The van der Waals surface area contributed by atoms with Gasteiger partial charge in [-0.15, -0.1) is 0 Å². The van der Waals surface area contributed by atoms with Crippen LogP contribution in [0.4, 0.5) is 0 Å². The first-order valence-corrected chi connectivity index (χ1v) is 7.14. The number of nitriles is 1. The molecule has 3 nitrogen and oxygen atoms in total. The summed E-state index contributed by atoms with van der Waals surface area (Å²) in [7, 11) is 0. The van der Waals surface area contributed by atoms with Gasteiger partial charge in [0.2, 0.25) is 0 Å². The lowest BCUT2D eigenvalue weighted by atomic mass is 10.1. The van der Waals surface area contributed by atoms with E-state index >= 15 is 0 Å². The lowest BCUT2D eigenvalue weighted by molar-refractivity contribution is 0.0913. The van der Waals surface area contributed by atoms with E-state index in [1.54, 1.807) is 11.9 Å².